The van der Waals surface area contributed by atoms with Crippen LogP contribution < -0.4 is 0 Å². The van der Waals surface area contributed by atoms with E-state index in [2.05, 4.69) is 18.2 Å². The summed E-state index contributed by atoms with van der Waals surface area (Å²) in [4.78, 5) is 29.4. The minimum Gasteiger partial charge on any atom is -0.339 e. The Morgan fingerprint density at radius 2 is 1.63 bits per heavy atom. The zero-order chi connectivity index (χ0) is 18.8. The van der Waals surface area contributed by atoms with Crippen molar-refractivity contribution in [3.63, 3.8) is 0 Å². The van der Waals surface area contributed by atoms with Gasteiger partial charge in [-0.15, -0.1) is 0 Å². The first-order chi connectivity index (χ1) is 13.1. The van der Waals surface area contributed by atoms with E-state index in [0.717, 1.165) is 25.8 Å². The number of fused-ring (bicyclic) bond motifs is 1. The van der Waals surface area contributed by atoms with E-state index in [4.69, 9.17) is 11.6 Å². The van der Waals surface area contributed by atoms with Gasteiger partial charge in [-0.05, 0) is 48.6 Å². The summed E-state index contributed by atoms with van der Waals surface area (Å²) in [7, 11) is 0. The molecule has 0 atom stereocenters. The first-order valence-corrected chi connectivity index (χ1v) is 9.90. The van der Waals surface area contributed by atoms with Gasteiger partial charge in [0.15, 0.2) is 0 Å². The largest absolute Gasteiger partial charge is 0.339 e. The van der Waals surface area contributed by atoms with Crippen LogP contribution in [0, 0.1) is 5.92 Å². The molecule has 5 heteroatoms. The van der Waals surface area contributed by atoms with E-state index in [1.54, 1.807) is 24.3 Å². The number of amides is 2. The van der Waals surface area contributed by atoms with Crippen molar-refractivity contribution in [3.8, 4) is 0 Å². The van der Waals surface area contributed by atoms with Crippen LogP contribution in [0.1, 0.15) is 34.3 Å². The van der Waals surface area contributed by atoms with Crippen LogP contribution in [0.2, 0.25) is 5.02 Å². The molecule has 0 unspecified atom stereocenters. The van der Waals surface area contributed by atoms with Crippen molar-refractivity contribution in [2.45, 2.75) is 25.8 Å². The van der Waals surface area contributed by atoms with Gasteiger partial charge < -0.3 is 9.80 Å². The summed E-state index contributed by atoms with van der Waals surface area (Å²) >= 11 is 5.99. The molecule has 4 nitrogen and oxygen atoms in total. The number of hydrogen-bond acceptors (Lipinski definition) is 2. The van der Waals surface area contributed by atoms with Crippen LogP contribution in [-0.4, -0.2) is 41.2 Å². The Kier molecular flexibility index (Phi) is 5.17. The maximum Gasteiger partial charge on any atom is 0.253 e. The molecule has 1 fully saturated rings. The van der Waals surface area contributed by atoms with Crippen LogP contribution in [0.5, 0.6) is 0 Å². The van der Waals surface area contributed by atoms with Gasteiger partial charge >= 0.3 is 0 Å². The molecule has 0 aromatic heterocycles. The van der Waals surface area contributed by atoms with E-state index >= 15 is 0 Å². The fourth-order valence-electron chi connectivity index (χ4n) is 4.08. The summed E-state index contributed by atoms with van der Waals surface area (Å²) in [5, 5.41) is 0.566. The van der Waals surface area contributed by atoms with Crippen LogP contribution in [0.25, 0.3) is 0 Å². The van der Waals surface area contributed by atoms with Gasteiger partial charge in [-0.3, -0.25) is 9.59 Å². The third-order valence-corrected chi connectivity index (χ3v) is 5.88. The highest BCUT2D eigenvalue weighted by Gasteiger charge is 2.31. The zero-order valence-corrected chi connectivity index (χ0v) is 16.0. The minimum absolute atomic E-state index is 0.00435. The Balaban J connectivity index is 1.35. The average molecular weight is 383 g/mol. The lowest BCUT2D eigenvalue weighted by Crippen LogP contribution is -2.45. The highest BCUT2D eigenvalue weighted by molar-refractivity contribution is 6.30. The van der Waals surface area contributed by atoms with Crippen molar-refractivity contribution in [2.75, 3.05) is 19.6 Å². The smallest absolute Gasteiger partial charge is 0.253 e. The average Bonchev–Trinajstić information content (AvgIpc) is 2.72. The Labute approximate surface area is 164 Å². The number of piperidine rings is 1. The minimum atomic E-state index is -0.00435. The van der Waals surface area contributed by atoms with Crippen molar-refractivity contribution >= 4 is 23.4 Å². The lowest BCUT2D eigenvalue weighted by molar-refractivity contribution is -0.137. The van der Waals surface area contributed by atoms with Crippen molar-refractivity contribution in [1.29, 1.82) is 0 Å². The number of halogens is 1. The van der Waals surface area contributed by atoms with Crippen molar-refractivity contribution < 1.29 is 9.59 Å². The molecule has 27 heavy (non-hydrogen) atoms. The lowest BCUT2D eigenvalue weighted by atomic mass is 9.92. The van der Waals surface area contributed by atoms with E-state index in [9.17, 15) is 9.59 Å². The first-order valence-electron chi connectivity index (χ1n) is 9.52. The molecule has 1 saturated heterocycles. The van der Waals surface area contributed by atoms with E-state index < -0.39 is 0 Å². The van der Waals surface area contributed by atoms with Crippen molar-refractivity contribution in [2.24, 2.45) is 5.92 Å². The Hall–Kier alpha value is -2.33. The summed E-state index contributed by atoms with van der Waals surface area (Å²) in [5.41, 5.74) is 3.22. The third kappa shape index (κ3) is 3.86. The topological polar surface area (TPSA) is 40.6 Å². The van der Waals surface area contributed by atoms with E-state index in [0.29, 0.717) is 30.2 Å². The van der Waals surface area contributed by atoms with Gasteiger partial charge in [0.05, 0.1) is 0 Å². The van der Waals surface area contributed by atoms with E-state index in [-0.39, 0.29) is 17.7 Å². The number of likely N-dealkylation sites (tertiary alicyclic amines) is 1. The van der Waals surface area contributed by atoms with Crippen LogP contribution in [0.4, 0.5) is 0 Å². The molecule has 2 aliphatic rings. The molecule has 0 radical (unpaired) electrons. The van der Waals surface area contributed by atoms with Crippen molar-refractivity contribution in [3.05, 3.63) is 70.2 Å². The monoisotopic (exact) mass is 382 g/mol. The molecule has 140 valence electrons. The lowest BCUT2D eigenvalue weighted by Gasteiger charge is -2.36. The van der Waals surface area contributed by atoms with E-state index in [1.807, 2.05) is 15.9 Å². The number of nitrogens with zero attached hydrogens (tertiary/aromatic N) is 2. The van der Waals surface area contributed by atoms with Crippen LogP contribution in [0.3, 0.4) is 0 Å². The highest BCUT2D eigenvalue weighted by atomic mass is 35.5. The van der Waals surface area contributed by atoms with Gasteiger partial charge in [-0.1, -0.05) is 41.9 Å². The van der Waals surface area contributed by atoms with Gasteiger partial charge in [0.2, 0.25) is 5.91 Å². The zero-order valence-electron chi connectivity index (χ0n) is 15.2. The number of carbonyl (C=O) groups excluding carboxylic acids is 2. The second-order valence-corrected chi connectivity index (χ2v) is 7.79. The number of benzene rings is 2. The second kappa shape index (κ2) is 7.73. The van der Waals surface area contributed by atoms with Gasteiger partial charge in [0.1, 0.15) is 0 Å². The normalized spacial score (nSPS) is 17.5. The maximum absolute atomic E-state index is 13.0. The number of carbonyl (C=O) groups is 2. The molecular formula is C22H23ClN2O2. The summed E-state index contributed by atoms with van der Waals surface area (Å²) in [6.07, 6.45) is 2.38. The predicted octanol–water partition coefficient (Wildman–Crippen LogP) is 3.78. The van der Waals surface area contributed by atoms with Gasteiger partial charge in [-0.2, -0.15) is 0 Å². The highest BCUT2D eigenvalue weighted by Crippen LogP contribution is 2.25. The van der Waals surface area contributed by atoms with Crippen LogP contribution in [-0.2, 0) is 17.8 Å². The molecule has 4 rings (SSSR count). The fraction of sp³-hybridized carbons (Fsp3) is 0.364. The Morgan fingerprint density at radius 3 is 2.37 bits per heavy atom. The second-order valence-electron chi connectivity index (χ2n) is 7.36. The molecule has 0 saturated carbocycles. The number of rotatable bonds is 2. The predicted molar refractivity (Wildman–Crippen MR) is 106 cm³/mol. The maximum atomic E-state index is 13.0. The molecule has 2 aromatic carbocycles. The molecule has 2 heterocycles. The molecule has 0 N–H and O–H groups in total. The van der Waals surface area contributed by atoms with E-state index in [1.165, 1.54) is 11.1 Å². The Bertz CT molecular complexity index is 859. The third-order valence-electron chi connectivity index (χ3n) is 5.65. The summed E-state index contributed by atoms with van der Waals surface area (Å²) in [6, 6.07) is 15.4. The first kappa shape index (κ1) is 18.1. The van der Waals surface area contributed by atoms with Crippen molar-refractivity contribution in [1.82, 2.24) is 9.80 Å². The van der Waals surface area contributed by atoms with Gasteiger partial charge in [0.25, 0.3) is 5.91 Å². The standard InChI is InChI=1S/C22H23ClN2O2/c23-20-7-3-6-18(14-20)22(27)24-11-9-17(10-12-24)21(26)25-13-8-16-4-1-2-5-19(16)15-25/h1-7,14,17H,8-13,15H2. The molecule has 2 aliphatic heterocycles. The SMILES string of the molecule is O=C(c1cccc(Cl)c1)N1CCC(C(=O)N2CCc3ccccc3C2)CC1. The quantitative estimate of drug-likeness (QED) is 0.793. The van der Waals surface area contributed by atoms with Gasteiger partial charge in [0, 0.05) is 42.7 Å². The van der Waals surface area contributed by atoms with Crippen LogP contribution in [0.15, 0.2) is 48.5 Å². The summed E-state index contributed by atoms with van der Waals surface area (Å²) in [5.74, 6) is 0.244. The molecule has 2 aromatic rings. The Morgan fingerprint density at radius 1 is 0.889 bits per heavy atom. The fourth-order valence-corrected chi connectivity index (χ4v) is 4.27. The van der Waals surface area contributed by atoms with Crippen LogP contribution >= 0.6 is 11.6 Å². The van der Waals surface area contributed by atoms with Gasteiger partial charge in [-0.25, -0.2) is 0 Å². The molecule has 0 bridgehead atoms. The molecule has 0 spiro atoms. The summed E-state index contributed by atoms with van der Waals surface area (Å²) < 4.78 is 0. The number of hydrogen-bond donors (Lipinski definition) is 0. The summed E-state index contributed by atoms with van der Waals surface area (Å²) in [6.45, 7) is 2.73. The molecular weight excluding hydrogens is 360 g/mol. The molecule has 0 aliphatic carbocycles. The molecule has 2 amide bonds.